The third kappa shape index (κ3) is 4.36. The summed E-state index contributed by atoms with van der Waals surface area (Å²) in [5, 5.41) is 7.45. The Kier molecular flexibility index (Phi) is 6.22. The van der Waals surface area contributed by atoms with E-state index in [0.29, 0.717) is 29.2 Å². The number of nitrogen functional groups attached to an aromatic ring is 1. The number of alkyl halides is 1. The zero-order valence-electron chi connectivity index (χ0n) is 17.6. The first-order chi connectivity index (χ1) is 15.2. The fourth-order valence-electron chi connectivity index (χ4n) is 3.67. The summed E-state index contributed by atoms with van der Waals surface area (Å²) in [6, 6.07) is 4.06. The van der Waals surface area contributed by atoms with E-state index in [9.17, 15) is 13.6 Å². The second kappa shape index (κ2) is 8.93. The summed E-state index contributed by atoms with van der Waals surface area (Å²) in [6.07, 6.45) is 0.683. The molecule has 170 valence electrons. The number of rotatable bonds is 4. The molecule has 1 fully saturated rings. The Hall–Kier alpha value is -2.89. The quantitative estimate of drug-likeness (QED) is 0.547. The van der Waals surface area contributed by atoms with E-state index in [2.05, 4.69) is 15.4 Å². The van der Waals surface area contributed by atoms with Crippen LogP contribution in [0, 0.1) is 12.7 Å². The summed E-state index contributed by atoms with van der Waals surface area (Å²) in [4.78, 5) is 17.2. The fourth-order valence-corrected chi connectivity index (χ4v) is 4.52. The number of halogens is 2. The van der Waals surface area contributed by atoms with Crippen molar-refractivity contribution in [3.63, 3.8) is 0 Å². The van der Waals surface area contributed by atoms with Crippen LogP contribution in [0.2, 0.25) is 0 Å². The van der Waals surface area contributed by atoms with Gasteiger partial charge >= 0.3 is 0 Å². The van der Waals surface area contributed by atoms with Crippen LogP contribution in [0.25, 0.3) is 10.6 Å². The minimum absolute atomic E-state index is 0.00617. The molecule has 5 N–H and O–H groups in total. The molecule has 3 aromatic rings. The molecule has 1 aliphatic rings. The Morgan fingerprint density at radius 2 is 2.16 bits per heavy atom. The van der Waals surface area contributed by atoms with Gasteiger partial charge in [-0.25, -0.2) is 13.8 Å². The van der Waals surface area contributed by atoms with Crippen molar-refractivity contribution in [3.05, 3.63) is 47.2 Å². The molecule has 1 aromatic carbocycles. The number of ether oxygens (including phenoxy) is 1. The highest BCUT2D eigenvalue weighted by molar-refractivity contribution is 7.19. The number of thiazole rings is 1. The van der Waals surface area contributed by atoms with Crippen molar-refractivity contribution in [2.45, 2.75) is 38.1 Å². The van der Waals surface area contributed by atoms with Crippen molar-refractivity contribution in [2.24, 2.45) is 12.8 Å². The molecule has 0 spiro atoms. The third-order valence-electron chi connectivity index (χ3n) is 5.44. The van der Waals surface area contributed by atoms with Gasteiger partial charge in [0.1, 0.15) is 28.1 Å². The first-order valence-electron chi connectivity index (χ1n) is 10.1. The van der Waals surface area contributed by atoms with Crippen molar-refractivity contribution < 1.29 is 18.3 Å². The molecule has 4 rings (SSSR count). The van der Waals surface area contributed by atoms with Crippen molar-refractivity contribution in [1.82, 2.24) is 14.8 Å². The lowest BCUT2D eigenvalue weighted by atomic mass is 10.0. The largest absolute Gasteiger partial charge is 0.389 e. The lowest BCUT2D eigenvalue weighted by Crippen LogP contribution is -2.32. The van der Waals surface area contributed by atoms with Gasteiger partial charge < -0.3 is 21.5 Å². The van der Waals surface area contributed by atoms with Crippen LogP contribution in [-0.4, -0.2) is 39.5 Å². The van der Waals surface area contributed by atoms with Gasteiger partial charge in [0, 0.05) is 18.7 Å². The Morgan fingerprint density at radius 3 is 2.94 bits per heavy atom. The molecule has 1 saturated heterocycles. The highest BCUT2D eigenvalue weighted by atomic mass is 32.1. The van der Waals surface area contributed by atoms with Gasteiger partial charge in [-0.1, -0.05) is 23.0 Å². The second-order valence-electron chi connectivity index (χ2n) is 7.82. The number of anilines is 2. The van der Waals surface area contributed by atoms with E-state index in [-0.39, 0.29) is 22.9 Å². The summed E-state index contributed by atoms with van der Waals surface area (Å²) >= 11 is 1.03. The van der Waals surface area contributed by atoms with Crippen LogP contribution in [0.3, 0.4) is 0 Å². The van der Waals surface area contributed by atoms with Crippen LogP contribution < -0.4 is 16.8 Å². The van der Waals surface area contributed by atoms with Crippen molar-refractivity contribution >= 4 is 27.9 Å². The molecular weight excluding hydrogens is 438 g/mol. The molecule has 11 heteroatoms. The van der Waals surface area contributed by atoms with E-state index in [1.807, 2.05) is 6.92 Å². The van der Waals surface area contributed by atoms with Crippen LogP contribution >= 0.6 is 11.3 Å². The number of aromatic nitrogens is 3. The number of hydrogen-bond acceptors (Lipinski definition) is 7. The number of nitrogens with two attached hydrogens (primary N) is 2. The smallest absolute Gasteiger partial charge is 0.277 e. The second-order valence-corrected chi connectivity index (χ2v) is 8.85. The SMILES string of the molecule is Cc1ccc(F)c(-c2nc(C(=O)Nc3cnn(C)c3[C@@H]3CC[C@@H](N)[C@@H](F)CO3)c(N)s2)c1. The molecule has 0 unspecified atom stereocenters. The van der Waals surface area contributed by atoms with Gasteiger partial charge in [-0.3, -0.25) is 9.48 Å². The highest BCUT2D eigenvalue weighted by Crippen LogP contribution is 2.35. The lowest BCUT2D eigenvalue weighted by Gasteiger charge is -2.17. The van der Waals surface area contributed by atoms with E-state index in [1.165, 1.54) is 12.3 Å². The zero-order valence-corrected chi connectivity index (χ0v) is 18.5. The van der Waals surface area contributed by atoms with Gasteiger partial charge in [-0.05, 0) is 31.9 Å². The number of carbonyl (C=O) groups excluding carboxylic acids is 1. The summed E-state index contributed by atoms with van der Waals surface area (Å²) < 4.78 is 35.5. The number of nitrogens with zero attached hydrogens (tertiary/aromatic N) is 3. The maximum absolute atomic E-state index is 14.3. The van der Waals surface area contributed by atoms with Crippen LogP contribution in [0.15, 0.2) is 24.4 Å². The molecule has 3 atom stereocenters. The maximum atomic E-state index is 14.3. The molecule has 0 radical (unpaired) electrons. The highest BCUT2D eigenvalue weighted by Gasteiger charge is 2.30. The third-order valence-corrected chi connectivity index (χ3v) is 6.36. The average Bonchev–Trinajstić information content (AvgIpc) is 3.27. The predicted molar refractivity (Wildman–Crippen MR) is 119 cm³/mol. The molecule has 0 aliphatic carbocycles. The monoisotopic (exact) mass is 462 g/mol. The van der Waals surface area contributed by atoms with Gasteiger partial charge in [-0.2, -0.15) is 5.10 Å². The van der Waals surface area contributed by atoms with Crippen LogP contribution in [0.5, 0.6) is 0 Å². The number of carbonyl (C=O) groups is 1. The molecule has 1 aliphatic heterocycles. The van der Waals surface area contributed by atoms with Gasteiger partial charge in [0.2, 0.25) is 0 Å². The summed E-state index contributed by atoms with van der Waals surface area (Å²) in [5.74, 6) is -0.998. The Morgan fingerprint density at radius 1 is 1.38 bits per heavy atom. The molecule has 8 nitrogen and oxygen atoms in total. The van der Waals surface area contributed by atoms with E-state index in [1.54, 1.807) is 23.9 Å². The Bertz CT molecular complexity index is 1140. The molecule has 0 bridgehead atoms. The number of benzene rings is 1. The van der Waals surface area contributed by atoms with Crippen molar-refractivity contribution in [3.8, 4) is 10.6 Å². The van der Waals surface area contributed by atoms with Crippen LogP contribution in [-0.2, 0) is 11.8 Å². The van der Waals surface area contributed by atoms with Gasteiger partial charge in [0.05, 0.1) is 24.2 Å². The number of nitrogens with one attached hydrogen (secondary N) is 1. The van der Waals surface area contributed by atoms with Crippen LogP contribution in [0.4, 0.5) is 19.5 Å². The lowest BCUT2D eigenvalue weighted by molar-refractivity contribution is 0.0247. The first kappa shape index (κ1) is 22.3. The summed E-state index contributed by atoms with van der Waals surface area (Å²) in [7, 11) is 1.71. The molecule has 32 heavy (non-hydrogen) atoms. The normalized spacial score (nSPS) is 21.3. The minimum Gasteiger partial charge on any atom is -0.389 e. The molecular formula is C21H24F2N6O2S. The van der Waals surface area contributed by atoms with Crippen molar-refractivity contribution in [2.75, 3.05) is 17.7 Å². The zero-order chi connectivity index (χ0) is 23.0. The molecule has 1 amide bonds. The summed E-state index contributed by atoms with van der Waals surface area (Å²) in [5.41, 5.74) is 14.0. The maximum Gasteiger partial charge on any atom is 0.277 e. The number of aryl methyl sites for hydroxylation is 2. The Balaban J connectivity index is 1.58. The molecule has 0 saturated carbocycles. The summed E-state index contributed by atoms with van der Waals surface area (Å²) in [6.45, 7) is 1.71. The van der Waals surface area contributed by atoms with E-state index in [0.717, 1.165) is 16.9 Å². The average molecular weight is 463 g/mol. The topological polar surface area (TPSA) is 121 Å². The van der Waals surface area contributed by atoms with Gasteiger partial charge in [0.15, 0.2) is 5.69 Å². The first-order valence-corrected chi connectivity index (χ1v) is 10.9. The number of hydrogen-bond donors (Lipinski definition) is 3. The van der Waals surface area contributed by atoms with E-state index >= 15 is 0 Å². The Labute approximate surface area is 187 Å². The molecule has 3 heterocycles. The van der Waals surface area contributed by atoms with Gasteiger partial charge in [0.25, 0.3) is 5.91 Å². The number of amides is 1. The van der Waals surface area contributed by atoms with E-state index in [4.69, 9.17) is 16.2 Å². The predicted octanol–water partition coefficient (Wildman–Crippen LogP) is 3.34. The van der Waals surface area contributed by atoms with Gasteiger partial charge in [-0.15, -0.1) is 0 Å². The van der Waals surface area contributed by atoms with E-state index < -0.39 is 30.0 Å². The fraction of sp³-hybridized carbons (Fsp3) is 0.381. The molecule has 2 aromatic heterocycles. The minimum atomic E-state index is -1.25. The van der Waals surface area contributed by atoms with Crippen LogP contribution in [0.1, 0.15) is 40.7 Å². The van der Waals surface area contributed by atoms with Crippen molar-refractivity contribution in [1.29, 1.82) is 0 Å². The standard InChI is InChI=1S/C21H24F2N6O2S/c1-10-3-4-12(22)11(7-10)21-28-17(19(25)32-21)20(30)27-15-8-26-29(2)18(15)16-6-5-14(24)13(23)9-31-16/h3-4,7-8,13-14,16H,5-6,9,24-25H2,1-2H3,(H,27,30)/t13-,14+,16-/m0/s1.